The first kappa shape index (κ1) is 14.1. The van der Waals surface area contributed by atoms with Crippen molar-refractivity contribution in [2.24, 2.45) is 0 Å². The molecule has 1 aromatic carbocycles. The highest BCUT2D eigenvalue weighted by molar-refractivity contribution is 5.78. The van der Waals surface area contributed by atoms with Crippen molar-refractivity contribution >= 4 is 16.9 Å². The Hall–Kier alpha value is -1.88. The highest BCUT2D eigenvalue weighted by Gasteiger charge is 2.31. The quantitative estimate of drug-likeness (QED) is 0.860. The number of para-hydroxylation sites is 2. The van der Waals surface area contributed by atoms with Gasteiger partial charge in [0.1, 0.15) is 5.82 Å². The van der Waals surface area contributed by atoms with Crippen LogP contribution in [-0.4, -0.2) is 41.0 Å². The van der Waals surface area contributed by atoms with E-state index in [4.69, 9.17) is 4.74 Å². The number of aromatic amines is 1. The number of H-pyrrole nitrogens is 1. The van der Waals surface area contributed by atoms with Crippen molar-refractivity contribution in [1.29, 1.82) is 0 Å². The maximum absolute atomic E-state index is 12.3. The largest absolute Gasteiger partial charge is 0.385 e. The summed E-state index contributed by atoms with van der Waals surface area (Å²) in [7, 11) is 1.66. The van der Waals surface area contributed by atoms with Gasteiger partial charge in [0.05, 0.1) is 17.1 Å². The molecule has 1 aliphatic rings. The third-order valence-corrected chi connectivity index (χ3v) is 4.04. The van der Waals surface area contributed by atoms with E-state index in [2.05, 4.69) is 9.97 Å². The molecule has 1 aromatic heterocycles. The van der Waals surface area contributed by atoms with Crippen molar-refractivity contribution in [3.63, 3.8) is 0 Å². The van der Waals surface area contributed by atoms with Crippen LogP contribution in [-0.2, 0) is 9.53 Å². The molecule has 5 heteroatoms. The minimum absolute atomic E-state index is 0.0902. The number of imidazole rings is 1. The summed E-state index contributed by atoms with van der Waals surface area (Å²) >= 11 is 0. The summed E-state index contributed by atoms with van der Waals surface area (Å²) in [4.78, 5) is 22.3. The van der Waals surface area contributed by atoms with Gasteiger partial charge in [-0.15, -0.1) is 0 Å². The third kappa shape index (κ3) is 2.93. The lowest BCUT2D eigenvalue weighted by atomic mass is 10.2. The minimum Gasteiger partial charge on any atom is -0.385 e. The molecule has 0 bridgehead atoms. The molecule has 0 aliphatic carbocycles. The summed E-state index contributed by atoms with van der Waals surface area (Å²) in [5.41, 5.74) is 2.00. The third-order valence-electron chi connectivity index (χ3n) is 4.04. The molecule has 0 spiro atoms. The maximum Gasteiger partial charge on any atom is 0.223 e. The lowest BCUT2D eigenvalue weighted by Gasteiger charge is -2.23. The summed E-state index contributed by atoms with van der Waals surface area (Å²) in [6.07, 6.45) is 3.34. The van der Waals surface area contributed by atoms with Crippen molar-refractivity contribution in [1.82, 2.24) is 14.9 Å². The van der Waals surface area contributed by atoms with Crippen molar-refractivity contribution in [3.8, 4) is 0 Å². The number of benzene rings is 1. The molecular formula is C16H21N3O2. The average Bonchev–Trinajstić information content (AvgIpc) is 3.13. The summed E-state index contributed by atoms with van der Waals surface area (Å²) in [5.74, 6) is 1.11. The second-order valence-electron chi connectivity index (χ2n) is 5.48. The predicted octanol–water partition coefficient (Wildman–Crippen LogP) is 2.65. The Bertz CT molecular complexity index is 590. The van der Waals surface area contributed by atoms with Crippen LogP contribution in [0.2, 0.25) is 0 Å². The number of ether oxygens (including phenoxy) is 1. The lowest BCUT2D eigenvalue weighted by molar-refractivity contribution is -0.132. The Morgan fingerprint density at radius 1 is 1.48 bits per heavy atom. The topological polar surface area (TPSA) is 58.2 Å². The van der Waals surface area contributed by atoms with Gasteiger partial charge >= 0.3 is 0 Å². The van der Waals surface area contributed by atoms with Crippen LogP contribution in [0, 0.1) is 0 Å². The van der Waals surface area contributed by atoms with E-state index >= 15 is 0 Å². The molecule has 0 unspecified atom stereocenters. The van der Waals surface area contributed by atoms with Gasteiger partial charge in [-0.05, 0) is 31.4 Å². The molecule has 0 saturated carbocycles. The first-order valence-electron chi connectivity index (χ1n) is 7.52. The van der Waals surface area contributed by atoms with Crippen LogP contribution in [0.15, 0.2) is 24.3 Å². The van der Waals surface area contributed by atoms with Crippen LogP contribution in [0.25, 0.3) is 11.0 Å². The molecule has 1 aliphatic heterocycles. The van der Waals surface area contributed by atoms with Gasteiger partial charge in [0.25, 0.3) is 0 Å². The second-order valence-corrected chi connectivity index (χ2v) is 5.48. The summed E-state index contributed by atoms with van der Waals surface area (Å²) in [5, 5.41) is 0. The number of fused-ring (bicyclic) bond motifs is 1. The molecule has 112 valence electrons. The van der Waals surface area contributed by atoms with E-state index in [1.54, 1.807) is 7.11 Å². The Balaban J connectivity index is 1.75. The summed E-state index contributed by atoms with van der Waals surface area (Å²) in [6.45, 7) is 1.46. The molecule has 1 amide bonds. The van der Waals surface area contributed by atoms with Crippen LogP contribution < -0.4 is 0 Å². The number of likely N-dealkylation sites (tertiary alicyclic amines) is 1. The smallest absolute Gasteiger partial charge is 0.223 e. The van der Waals surface area contributed by atoms with Gasteiger partial charge in [0.2, 0.25) is 5.91 Å². The minimum atomic E-state index is 0.0902. The average molecular weight is 287 g/mol. The number of nitrogens with zero attached hydrogens (tertiary/aromatic N) is 2. The van der Waals surface area contributed by atoms with Crippen LogP contribution in [0.3, 0.4) is 0 Å². The zero-order chi connectivity index (χ0) is 14.7. The number of rotatable bonds is 5. The monoisotopic (exact) mass is 287 g/mol. The fraction of sp³-hybridized carbons (Fsp3) is 0.500. The van der Waals surface area contributed by atoms with Crippen LogP contribution >= 0.6 is 0 Å². The Kier molecular flexibility index (Phi) is 4.20. The standard InChI is InChI=1S/C16H21N3O2/c1-21-11-5-9-15(20)19-10-4-8-14(19)16-17-12-6-2-3-7-13(12)18-16/h2-3,6-7,14H,4-5,8-11H2,1H3,(H,17,18)/t14-/m1/s1. The Morgan fingerprint density at radius 3 is 3.14 bits per heavy atom. The molecular weight excluding hydrogens is 266 g/mol. The zero-order valence-electron chi connectivity index (χ0n) is 12.3. The molecule has 5 nitrogen and oxygen atoms in total. The Morgan fingerprint density at radius 2 is 2.33 bits per heavy atom. The molecule has 1 fully saturated rings. The lowest BCUT2D eigenvalue weighted by Crippen LogP contribution is -2.31. The van der Waals surface area contributed by atoms with E-state index < -0.39 is 0 Å². The van der Waals surface area contributed by atoms with Crippen molar-refractivity contribution in [2.45, 2.75) is 31.7 Å². The Labute approximate surface area is 124 Å². The number of carbonyl (C=O) groups is 1. The van der Waals surface area contributed by atoms with Gasteiger partial charge in [-0.2, -0.15) is 0 Å². The SMILES string of the molecule is COCCCC(=O)N1CCC[C@@H]1c1nc2ccccc2[nH]1. The molecule has 21 heavy (non-hydrogen) atoms. The molecule has 2 aromatic rings. The highest BCUT2D eigenvalue weighted by Crippen LogP contribution is 2.31. The molecule has 3 rings (SSSR count). The number of aromatic nitrogens is 2. The molecule has 1 atom stereocenters. The molecule has 1 N–H and O–H groups in total. The summed E-state index contributed by atoms with van der Waals surface area (Å²) < 4.78 is 5.02. The van der Waals surface area contributed by atoms with Crippen LogP contribution in [0.4, 0.5) is 0 Å². The van der Waals surface area contributed by atoms with E-state index in [9.17, 15) is 4.79 Å². The van der Waals surface area contributed by atoms with Crippen molar-refractivity contribution < 1.29 is 9.53 Å². The van der Waals surface area contributed by atoms with Crippen LogP contribution in [0.1, 0.15) is 37.5 Å². The first-order valence-corrected chi connectivity index (χ1v) is 7.52. The molecule has 0 radical (unpaired) electrons. The number of hydrogen-bond acceptors (Lipinski definition) is 3. The number of amides is 1. The zero-order valence-corrected chi connectivity index (χ0v) is 12.3. The fourth-order valence-corrected chi connectivity index (χ4v) is 2.99. The maximum atomic E-state index is 12.3. The van der Waals surface area contributed by atoms with E-state index in [0.717, 1.165) is 42.7 Å². The molecule has 1 saturated heterocycles. The highest BCUT2D eigenvalue weighted by atomic mass is 16.5. The predicted molar refractivity (Wildman–Crippen MR) is 80.9 cm³/mol. The number of nitrogens with one attached hydrogen (secondary N) is 1. The van der Waals surface area contributed by atoms with E-state index in [1.165, 1.54) is 0 Å². The van der Waals surface area contributed by atoms with Crippen molar-refractivity contribution in [2.75, 3.05) is 20.3 Å². The van der Waals surface area contributed by atoms with Gasteiger partial charge in [0, 0.05) is 26.7 Å². The number of hydrogen-bond donors (Lipinski definition) is 1. The van der Waals surface area contributed by atoms with Crippen LogP contribution in [0.5, 0.6) is 0 Å². The first-order chi connectivity index (χ1) is 10.3. The number of carbonyl (C=O) groups excluding carboxylic acids is 1. The number of methoxy groups -OCH3 is 1. The van der Waals surface area contributed by atoms with Gasteiger partial charge in [-0.1, -0.05) is 12.1 Å². The van der Waals surface area contributed by atoms with E-state index in [-0.39, 0.29) is 11.9 Å². The van der Waals surface area contributed by atoms with E-state index in [1.807, 2.05) is 29.2 Å². The normalized spacial score (nSPS) is 18.5. The van der Waals surface area contributed by atoms with Crippen molar-refractivity contribution in [3.05, 3.63) is 30.1 Å². The fourth-order valence-electron chi connectivity index (χ4n) is 2.99. The molecule has 2 heterocycles. The van der Waals surface area contributed by atoms with Gasteiger partial charge in [-0.25, -0.2) is 4.98 Å². The van der Waals surface area contributed by atoms with Gasteiger partial charge in [0.15, 0.2) is 0 Å². The summed E-state index contributed by atoms with van der Waals surface area (Å²) in [6, 6.07) is 8.08. The van der Waals surface area contributed by atoms with Gasteiger partial charge < -0.3 is 14.6 Å². The van der Waals surface area contributed by atoms with E-state index in [0.29, 0.717) is 13.0 Å². The second kappa shape index (κ2) is 6.26. The van der Waals surface area contributed by atoms with Gasteiger partial charge in [-0.3, -0.25) is 4.79 Å².